The maximum atomic E-state index is 14.3. The average Bonchev–Trinajstić information content (AvgIpc) is 2.64. The molecule has 1 saturated carbocycles. The van der Waals surface area contributed by atoms with Gasteiger partial charge in [-0.2, -0.15) is 0 Å². The molecule has 1 unspecified atom stereocenters. The van der Waals surface area contributed by atoms with Gasteiger partial charge in [0, 0.05) is 5.56 Å². The van der Waals surface area contributed by atoms with Crippen LogP contribution in [-0.2, 0) is 0 Å². The molecule has 0 heterocycles. The zero-order chi connectivity index (χ0) is 14.6. The number of rotatable bonds is 3. The molecular weight excluding hydrogens is 239 g/mol. The molecule has 3 N–H and O–H groups in total. The standard InChI is InChI=1S/C16H25FN2/c1-9-7-10(2)12(11(17)8-9)13(19-18)14-15(3,4)16(14,5)6/h7-8,13-14,19H,18H2,1-6H3. The van der Waals surface area contributed by atoms with Gasteiger partial charge in [0.15, 0.2) is 0 Å². The Morgan fingerprint density at radius 3 is 2.05 bits per heavy atom. The second-order valence-corrected chi connectivity index (χ2v) is 7.04. The number of benzene rings is 1. The van der Waals surface area contributed by atoms with Gasteiger partial charge in [0.25, 0.3) is 0 Å². The zero-order valence-electron chi connectivity index (χ0n) is 12.8. The molecule has 2 nitrogen and oxygen atoms in total. The number of hydrazine groups is 1. The molecule has 1 aliphatic carbocycles. The normalized spacial score (nSPS) is 22.3. The van der Waals surface area contributed by atoms with Gasteiger partial charge in [0.2, 0.25) is 0 Å². The van der Waals surface area contributed by atoms with Crippen molar-refractivity contribution in [3.8, 4) is 0 Å². The minimum Gasteiger partial charge on any atom is -0.271 e. The summed E-state index contributed by atoms with van der Waals surface area (Å²) < 4.78 is 14.3. The Kier molecular flexibility index (Phi) is 3.27. The van der Waals surface area contributed by atoms with Crippen LogP contribution in [-0.4, -0.2) is 0 Å². The first-order valence-corrected chi connectivity index (χ1v) is 6.87. The van der Waals surface area contributed by atoms with E-state index >= 15 is 0 Å². The molecule has 0 radical (unpaired) electrons. The van der Waals surface area contributed by atoms with Gasteiger partial charge in [-0.15, -0.1) is 0 Å². The molecule has 2 rings (SSSR count). The minimum atomic E-state index is -0.154. The first kappa shape index (κ1) is 14.5. The van der Waals surface area contributed by atoms with Gasteiger partial charge in [-0.05, 0) is 47.8 Å². The topological polar surface area (TPSA) is 38.0 Å². The van der Waals surface area contributed by atoms with E-state index in [0.29, 0.717) is 5.92 Å². The Morgan fingerprint density at radius 2 is 1.68 bits per heavy atom. The lowest BCUT2D eigenvalue weighted by Gasteiger charge is -2.22. The third-order valence-corrected chi connectivity index (χ3v) is 5.44. The highest BCUT2D eigenvalue weighted by Crippen LogP contribution is 2.72. The van der Waals surface area contributed by atoms with Crippen molar-refractivity contribution in [1.29, 1.82) is 0 Å². The fraction of sp³-hybridized carbons (Fsp3) is 0.625. The number of hydrogen-bond acceptors (Lipinski definition) is 2. The number of nitrogens with two attached hydrogens (primary N) is 1. The largest absolute Gasteiger partial charge is 0.271 e. The zero-order valence-corrected chi connectivity index (χ0v) is 12.8. The van der Waals surface area contributed by atoms with Crippen LogP contribution in [0.15, 0.2) is 12.1 Å². The Labute approximate surface area is 115 Å². The molecule has 19 heavy (non-hydrogen) atoms. The van der Waals surface area contributed by atoms with E-state index in [9.17, 15) is 4.39 Å². The summed E-state index contributed by atoms with van der Waals surface area (Å²) in [5, 5.41) is 0. The van der Waals surface area contributed by atoms with Crippen LogP contribution in [0.2, 0.25) is 0 Å². The van der Waals surface area contributed by atoms with E-state index < -0.39 is 0 Å². The maximum Gasteiger partial charge on any atom is 0.128 e. The fourth-order valence-corrected chi connectivity index (χ4v) is 3.75. The van der Waals surface area contributed by atoms with E-state index in [-0.39, 0.29) is 22.7 Å². The van der Waals surface area contributed by atoms with Crippen LogP contribution in [0.1, 0.15) is 50.4 Å². The maximum absolute atomic E-state index is 14.3. The van der Waals surface area contributed by atoms with Crippen molar-refractivity contribution in [2.24, 2.45) is 22.6 Å². The van der Waals surface area contributed by atoms with E-state index in [4.69, 9.17) is 5.84 Å². The third kappa shape index (κ3) is 2.00. The molecule has 1 fully saturated rings. The van der Waals surface area contributed by atoms with Gasteiger partial charge in [-0.3, -0.25) is 11.3 Å². The van der Waals surface area contributed by atoms with Crippen LogP contribution < -0.4 is 11.3 Å². The highest BCUT2D eigenvalue weighted by atomic mass is 19.1. The molecule has 0 saturated heterocycles. The van der Waals surface area contributed by atoms with Gasteiger partial charge in [-0.1, -0.05) is 33.8 Å². The van der Waals surface area contributed by atoms with Crippen molar-refractivity contribution >= 4 is 0 Å². The first-order chi connectivity index (χ1) is 8.64. The summed E-state index contributed by atoms with van der Waals surface area (Å²) in [5.74, 6) is 5.93. The van der Waals surface area contributed by atoms with Crippen molar-refractivity contribution in [3.05, 3.63) is 34.6 Å². The molecule has 106 valence electrons. The fourth-order valence-electron chi connectivity index (χ4n) is 3.75. The van der Waals surface area contributed by atoms with Gasteiger partial charge in [0.05, 0.1) is 6.04 Å². The number of nitrogens with one attached hydrogen (secondary N) is 1. The Hall–Kier alpha value is -0.930. The second kappa shape index (κ2) is 4.29. The molecule has 1 atom stereocenters. The number of halogens is 1. The smallest absolute Gasteiger partial charge is 0.128 e. The Morgan fingerprint density at radius 1 is 1.16 bits per heavy atom. The summed E-state index contributed by atoms with van der Waals surface area (Å²) in [6.07, 6.45) is 0. The SMILES string of the molecule is Cc1cc(C)c(C(NN)C2C(C)(C)C2(C)C)c(F)c1. The molecule has 0 aromatic heterocycles. The van der Waals surface area contributed by atoms with Crippen molar-refractivity contribution in [3.63, 3.8) is 0 Å². The van der Waals surface area contributed by atoms with Crippen molar-refractivity contribution < 1.29 is 4.39 Å². The molecule has 1 aromatic carbocycles. The van der Waals surface area contributed by atoms with E-state index in [1.807, 2.05) is 19.9 Å². The van der Waals surface area contributed by atoms with E-state index in [1.54, 1.807) is 6.07 Å². The summed E-state index contributed by atoms with van der Waals surface area (Å²) in [4.78, 5) is 0. The summed E-state index contributed by atoms with van der Waals surface area (Å²) in [5.41, 5.74) is 5.81. The Balaban J connectivity index is 2.46. The van der Waals surface area contributed by atoms with Crippen LogP contribution >= 0.6 is 0 Å². The third-order valence-electron chi connectivity index (χ3n) is 5.44. The van der Waals surface area contributed by atoms with Crippen LogP contribution in [0.4, 0.5) is 4.39 Å². The lowest BCUT2D eigenvalue weighted by atomic mass is 9.92. The summed E-state index contributed by atoms with van der Waals surface area (Å²) in [6, 6.07) is 3.48. The average molecular weight is 264 g/mol. The highest BCUT2D eigenvalue weighted by molar-refractivity contribution is 5.37. The highest BCUT2D eigenvalue weighted by Gasteiger charge is 2.67. The van der Waals surface area contributed by atoms with Gasteiger partial charge in [0.1, 0.15) is 5.82 Å². The van der Waals surface area contributed by atoms with E-state index in [1.165, 1.54) is 0 Å². The predicted octanol–water partition coefficient (Wildman–Crippen LogP) is 3.63. The predicted molar refractivity (Wildman–Crippen MR) is 77.0 cm³/mol. The molecule has 0 aliphatic heterocycles. The first-order valence-electron chi connectivity index (χ1n) is 6.87. The lowest BCUT2D eigenvalue weighted by molar-refractivity contribution is 0.401. The molecule has 0 spiro atoms. The van der Waals surface area contributed by atoms with Crippen molar-refractivity contribution in [1.82, 2.24) is 5.43 Å². The Bertz CT molecular complexity index is 468. The summed E-state index contributed by atoms with van der Waals surface area (Å²) in [6.45, 7) is 12.8. The molecule has 0 amide bonds. The number of hydrogen-bond donors (Lipinski definition) is 2. The van der Waals surface area contributed by atoms with Crippen LogP contribution in [0.25, 0.3) is 0 Å². The molecular formula is C16H25FN2. The molecule has 1 aliphatic rings. The number of aryl methyl sites for hydroxylation is 2. The van der Waals surface area contributed by atoms with Crippen LogP contribution in [0, 0.1) is 36.4 Å². The van der Waals surface area contributed by atoms with E-state index in [0.717, 1.165) is 16.7 Å². The van der Waals surface area contributed by atoms with Crippen molar-refractivity contribution in [2.75, 3.05) is 0 Å². The minimum absolute atomic E-state index is 0.134. The molecule has 3 heteroatoms. The van der Waals surface area contributed by atoms with Gasteiger partial charge >= 0.3 is 0 Å². The summed E-state index contributed by atoms with van der Waals surface area (Å²) >= 11 is 0. The lowest BCUT2D eigenvalue weighted by Crippen LogP contribution is -2.32. The monoisotopic (exact) mass is 264 g/mol. The summed E-state index contributed by atoms with van der Waals surface area (Å²) in [7, 11) is 0. The van der Waals surface area contributed by atoms with Gasteiger partial charge < -0.3 is 0 Å². The quantitative estimate of drug-likeness (QED) is 0.646. The second-order valence-electron chi connectivity index (χ2n) is 7.04. The van der Waals surface area contributed by atoms with Crippen LogP contribution in [0.3, 0.4) is 0 Å². The molecule has 1 aromatic rings. The van der Waals surface area contributed by atoms with Crippen molar-refractivity contribution in [2.45, 2.75) is 47.6 Å². The van der Waals surface area contributed by atoms with Gasteiger partial charge in [-0.25, -0.2) is 4.39 Å². The molecule has 0 bridgehead atoms. The van der Waals surface area contributed by atoms with E-state index in [2.05, 4.69) is 33.1 Å². The van der Waals surface area contributed by atoms with Crippen LogP contribution in [0.5, 0.6) is 0 Å².